The molecule has 132 valence electrons. The molecule has 1 aromatic heterocycles. The molecular weight excluding hydrogens is 332 g/mol. The lowest BCUT2D eigenvalue weighted by atomic mass is 10.2. The number of carbonyl (C=O) groups excluding carboxylic acids is 1. The van der Waals surface area contributed by atoms with E-state index in [4.69, 9.17) is 13.9 Å². The van der Waals surface area contributed by atoms with E-state index in [1.54, 1.807) is 31.4 Å². The van der Waals surface area contributed by atoms with E-state index in [0.717, 1.165) is 11.1 Å². The molecule has 6 nitrogen and oxygen atoms in total. The Balaban J connectivity index is 1.62. The van der Waals surface area contributed by atoms with Crippen molar-refractivity contribution in [1.82, 2.24) is 5.43 Å². The number of methoxy groups -OCH3 is 1. The van der Waals surface area contributed by atoms with Crippen LogP contribution >= 0.6 is 0 Å². The normalized spacial score (nSPS) is 10.7. The largest absolute Gasteiger partial charge is 0.493 e. The Bertz CT molecular complexity index is 874. The average Bonchev–Trinajstić information content (AvgIpc) is 3.22. The zero-order valence-electron chi connectivity index (χ0n) is 14.2. The number of amides is 1. The molecule has 0 aliphatic carbocycles. The molecule has 6 heteroatoms. The summed E-state index contributed by atoms with van der Waals surface area (Å²) in [7, 11) is 1.57. The molecule has 0 atom stereocenters. The van der Waals surface area contributed by atoms with Crippen LogP contribution in [0.4, 0.5) is 0 Å². The van der Waals surface area contributed by atoms with E-state index in [0.29, 0.717) is 18.1 Å². The quantitative estimate of drug-likeness (QED) is 0.522. The third-order valence-electron chi connectivity index (χ3n) is 3.55. The summed E-state index contributed by atoms with van der Waals surface area (Å²) in [5, 5.41) is 3.92. The first kappa shape index (κ1) is 17.3. The van der Waals surface area contributed by atoms with Gasteiger partial charge in [0.05, 0.1) is 19.6 Å². The van der Waals surface area contributed by atoms with Gasteiger partial charge in [-0.05, 0) is 41.5 Å². The number of benzene rings is 2. The van der Waals surface area contributed by atoms with Crippen molar-refractivity contribution >= 4 is 12.1 Å². The van der Waals surface area contributed by atoms with E-state index in [1.165, 1.54) is 12.5 Å². The van der Waals surface area contributed by atoms with Gasteiger partial charge in [-0.3, -0.25) is 4.79 Å². The highest BCUT2D eigenvalue weighted by Crippen LogP contribution is 2.28. The molecule has 1 amide bonds. The zero-order chi connectivity index (χ0) is 18.2. The van der Waals surface area contributed by atoms with Gasteiger partial charge in [-0.25, -0.2) is 5.43 Å². The number of furan rings is 1. The summed E-state index contributed by atoms with van der Waals surface area (Å²) < 4.78 is 16.2. The van der Waals surface area contributed by atoms with Crippen molar-refractivity contribution in [3.05, 3.63) is 83.8 Å². The molecule has 0 spiro atoms. The molecule has 1 N–H and O–H groups in total. The first-order valence-electron chi connectivity index (χ1n) is 7.98. The van der Waals surface area contributed by atoms with E-state index in [9.17, 15) is 4.79 Å². The second-order valence-electron chi connectivity index (χ2n) is 5.36. The van der Waals surface area contributed by atoms with Gasteiger partial charge in [-0.2, -0.15) is 5.10 Å². The van der Waals surface area contributed by atoms with Crippen LogP contribution in [-0.4, -0.2) is 19.2 Å². The molecule has 1 heterocycles. The Labute approximate surface area is 151 Å². The summed E-state index contributed by atoms with van der Waals surface area (Å²) in [6, 6.07) is 18.5. The second-order valence-corrected chi connectivity index (χ2v) is 5.36. The molecule has 0 unspecified atom stereocenters. The van der Waals surface area contributed by atoms with Gasteiger partial charge in [-0.1, -0.05) is 30.3 Å². The summed E-state index contributed by atoms with van der Waals surface area (Å²) >= 11 is 0. The van der Waals surface area contributed by atoms with Crippen LogP contribution < -0.4 is 14.9 Å². The highest BCUT2D eigenvalue weighted by Gasteiger charge is 2.07. The number of rotatable bonds is 7. The molecule has 0 aliphatic rings. The molecule has 3 aromatic rings. The average molecular weight is 350 g/mol. The topological polar surface area (TPSA) is 73.1 Å². The number of hydrogen-bond donors (Lipinski definition) is 1. The van der Waals surface area contributed by atoms with Gasteiger partial charge in [0, 0.05) is 0 Å². The first-order valence-corrected chi connectivity index (χ1v) is 7.98. The van der Waals surface area contributed by atoms with Crippen LogP contribution in [0.5, 0.6) is 11.5 Å². The second kappa shape index (κ2) is 8.53. The van der Waals surface area contributed by atoms with Crippen LogP contribution in [0.2, 0.25) is 0 Å². The van der Waals surface area contributed by atoms with Crippen molar-refractivity contribution in [3.63, 3.8) is 0 Å². The Kier molecular flexibility index (Phi) is 5.67. The lowest BCUT2D eigenvalue weighted by Crippen LogP contribution is -2.16. The van der Waals surface area contributed by atoms with Crippen LogP contribution in [0.1, 0.15) is 21.7 Å². The molecule has 2 aromatic carbocycles. The van der Waals surface area contributed by atoms with Gasteiger partial charge >= 0.3 is 5.91 Å². The Morgan fingerprint density at radius 3 is 2.69 bits per heavy atom. The van der Waals surface area contributed by atoms with E-state index in [-0.39, 0.29) is 5.76 Å². The van der Waals surface area contributed by atoms with E-state index in [2.05, 4.69) is 10.5 Å². The van der Waals surface area contributed by atoms with Crippen molar-refractivity contribution in [3.8, 4) is 11.5 Å². The predicted molar refractivity (Wildman–Crippen MR) is 97.5 cm³/mol. The van der Waals surface area contributed by atoms with Crippen LogP contribution in [0, 0.1) is 0 Å². The molecule has 0 aliphatic heterocycles. The number of hydrazone groups is 1. The monoisotopic (exact) mass is 350 g/mol. The van der Waals surface area contributed by atoms with Gasteiger partial charge in [-0.15, -0.1) is 0 Å². The van der Waals surface area contributed by atoms with Crippen molar-refractivity contribution < 1.29 is 18.7 Å². The standard InChI is InChI=1S/C20H18N2O4/c1-24-19-12-16(13-21-22-20(23)18-8-5-11-25-18)9-10-17(19)26-14-15-6-3-2-4-7-15/h2-13H,14H2,1H3,(H,22,23)/b21-13+. The molecule has 0 saturated carbocycles. The minimum atomic E-state index is -0.416. The number of hydrogen-bond acceptors (Lipinski definition) is 5. The SMILES string of the molecule is COc1cc(/C=N/NC(=O)c2ccco2)ccc1OCc1ccccc1. The molecule has 3 rings (SSSR count). The van der Waals surface area contributed by atoms with Crippen molar-refractivity contribution in [2.45, 2.75) is 6.61 Å². The fourth-order valence-electron chi connectivity index (χ4n) is 2.25. The van der Waals surface area contributed by atoms with Gasteiger partial charge in [0.2, 0.25) is 0 Å². The summed E-state index contributed by atoms with van der Waals surface area (Å²) in [4.78, 5) is 11.7. The van der Waals surface area contributed by atoms with Gasteiger partial charge in [0.25, 0.3) is 0 Å². The number of carbonyl (C=O) groups is 1. The third-order valence-corrected chi connectivity index (χ3v) is 3.55. The molecular formula is C20H18N2O4. The first-order chi connectivity index (χ1) is 12.8. The van der Waals surface area contributed by atoms with E-state index in [1.807, 2.05) is 36.4 Å². The van der Waals surface area contributed by atoms with Gasteiger partial charge in [0.1, 0.15) is 6.61 Å². The van der Waals surface area contributed by atoms with Crippen LogP contribution in [-0.2, 0) is 6.61 Å². The van der Waals surface area contributed by atoms with Gasteiger partial charge in [0.15, 0.2) is 17.3 Å². The minimum absolute atomic E-state index is 0.199. The maximum Gasteiger partial charge on any atom is 0.307 e. The Morgan fingerprint density at radius 1 is 1.12 bits per heavy atom. The highest BCUT2D eigenvalue weighted by atomic mass is 16.5. The third kappa shape index (κ3) is 4.51. The molecule has 26 heavy (non-hydrogen) atoms. The number of nitrogens with one attached hydrogen (secondary N) is 1. The smallest absolute Gasteiger partial charge is 0.307 e. The van der Waals surface area contributed by atoms with E-state index >= 15 is 0 Å². The maximum atomic E-state index is 11.7. The predicted octanol–water partition coefficient (Wildman–Crippen LogP) is 3.63. The van der Waals surface area contributed by atoms with Crippen molar-refractivity contribution in [2.24, 2.45) is 5.10 Å². The Hall–Kier alpha value is -3.54. The molecule has 0 bridgehead atoms. The fourth-order valence-corrected chi connectivity index (χ4v) is 2.25. The Morgan fingerprint density at radius 2 is 1.96 bits per heavy atom. The lowest BCUT2D eigenvalue weighted by Gasteiger charge is -2.11. The highest BCUT2D eigenvalue weighted by molar-refractivity contribution is 5.92. The van der Waals surface area contributed by atoms with E-state index < -0.39 is 5.91 Å². The van der Waals surface area contributed by atoms with Crippen molar-refractivity contribution in [1.29, 1.82) is 0 Å². The summed E-state index contributed by atoms with van der Waals surface area (Å²) in [6.45, 7) is 0.448. The molecule has 0 fully saturated rings. The number of nitrogens with zero attached hydrogens (tertiary/aromatic N) is 1. The minimum Gasteiger partial charge on any atom is -0.493 e. The van der Waals surface area contributed by atoms with Crippen LogP contribution in [0.15, 0.2) is 76.4 Å². The van der Waals surface area contributed by atoms with Crippen LogP contribution in [0.25, 0.3) is 0 Å². The summed E-state index contributed by atoms with van der Waals surface area (Å²) in [5.41, 5.74) is 4.23. The molecule has 0 saturated heterocycles. The fraction of sp³-hybridized carbons (Fsp3) is 0.100. The molecule has 0 radical (unpaired) electrons. The number of ether oxygens (including phenoxy) is 2. The maximum absolute atomic E-state index is 11.7. The van der Waals surface area contributed by atoms with Crippen LogP contribution in [0.3, 0.4) is 0 Å². The van der Waals surface area contributed by atoms with Gasteiger partial charge < -0.3 is 13.9 Å². The summed E-state index contributed by atoms with van der Waals surface area (Å²) in [6.07, 6.45) is 2.95. The van der Waals surface area contributed by atoms with Crippen molar-refractivity contribution in [2.75, 3.05) is 7.11 Å². The lowest BCUT2D eigenvalue weighted by molar-refractivity contribution is 0.0927. The zero-order valence-corrected chi connectivity index (χ0v) is 14.2. The summed E-state index contributed by atoms with van der Waals surface area (Å²) in [5.74, 6) is 1.00.